The summed E-state index contributed by atoms with van der Waals surface area (Å²) in [5.41, 5.74) is 4.25. The van der Waals surface area contributed by atoms with E-state index in [1.807, 2.05) is 53.2 Å². The van der Waals surface area contributed by atoms with Gasteiger partial charge in [-0.1, -0.05) is 80.4 Å². The largest absolute Gasteiger partial charge is 0.487 e. The van der Waals surface area contributed by atoms with E-state index in [0.29, 0.717) is 29.7 Å². The van der Waals surface area contributed by atoms with Crippen LogP contribution in [0.2, 0.25) is 0 Å². The Labute approximate surface area is 272 Å². The third kappa shape index (κ3) is 6.19. The Morgan fingerprint density at radius 1 is 0.957 bits per heavy atom. The van der Waals surface area contributed by atoms with Crippen LogP contribution in [0, 0.1) is 5.92 Å². The zero-order valence-corrected chi connectivity index (χ0v) is 27.1. The highest BCUT2D eigenvalue weighted by Crippen LogP contribution is 2.51. The number of carbonyl (C=O) groups is 1. The number of aromatic nitrogens is 1. The van der Waals surface area contributed by atoms with Crippen molar-refractivity contribution in [1.29, 1.82) is 0 Å². The third-order valence-corrected chi connectivity index (χ3v) is 11.2. The van der Waals surface area contributed by atoms with E-state index in [0.717, 1.165) is 74.5 Å². The van der Waals surface area contributed by atoms with Crippen molar-refractivity contribution in [2.75, 3.05) is 0 Å². The van der Waals surface area contributed by atoms with Gasteiger partial charge in [-0.05, 0) is 110 Å². The fourth-order valence-electron chi connectivity index (χ4n) is 8.40. The third-order valence-electron chi connectivity index (χ3n) is 11.2. The molecular formula is C41H47NO4. The maximum absolute atomic E-state index is 14.3. The van der Waals surface area contributed by atoms with E-state index in [-0.39, 0.29) is 35.3 Å². The average Bonchev–Trinajstić information content (AvgIpc) is 3.61. The van der Waals surface area contributed by atoms with Crippen molar-refractivity contribution in [3.8, 4) is 5.75 Å². The molecule has 1 N–H and O–H groups in total. The zero-order valence-electron chi connectivity index (χ0n) is 27.1. The number of pyridine rings is 1. The molecule has 0 amide bonds. The van der Waals surface area contributed by atoms with E-state index in [2.05, 4.69) is 37.3 Å². The maximum Gasteiger partial charge on any atom is 0.258 e. The van der Waals surface area contributed by atoms with E-state index >= 15 is 0 Å². The lowest BCUT2D eigenvalue weighted by atomic mass is 9.69. The van der Waals surface area contributed by atoms with Crippen LogP contribution >= 0.6 is 0 Å². The molecule has 7 rings (SSSR count). The highest BCUT2D eigenvalue weighted by Gasteiger charge is 2.45. The number of carbonyl (C=O) groups excluding carboxylic acids is 1. The molecule has 2 saturated carbocycles. The molecule has 3 aromatic carbocycles. The minimum Gasteiger partial charge on any atom is -0.487 e. The molecule has 5 heteroatoms. The van der Waals surface area contributed by atoms with E-state index in [1.54, 1.807) is 0 Å². The van der Waals surface area contributed by atoms with Crippen LogP contribution in [-0.4, -0.2) is 27.2 Å². The average molecular weight is 618 g/mol. The molecule has 2 fully saturated rings. The molecule has 2 heterocycles. The summed E-state index contributed by atoms with van der Waals surface area (Å²) in [6.07, 6.45) is 13.1. The first-order valence-corrected chi connectivity index (χ1v) is 17.6. The summed E-state index contributed by atoms with van der Waals surface area (Å²) < 4.78 is 8.41. The molecular weight excluding hydrogens is 570 g/mol. The summed E-state index contributed by atoms with van der Waals surface area (Å²) in [6, 6.07) is 24.5. The van der Waals surface area contributed by atoms with Crippen LogP contribution in [0.15, 0.2) is 83.8 Å². The van der Waals surface area contributed by atoms with Crippen molar-refractivity contribution in [3.63, 3.8) is 0 Å². The number of nitrogens with zero attached hydrogens (tertiary/aromatic N) is 1. The second-order valence-corrected chi connectivity index (χ2v) is 14.2. The SMILES string of the molecule is CCc1ccc2c(c1)[C@@H](CC[C@@H](O)[C@@H](CC(=O)c1cn(C3CCCC3)c(=O)c3ccccc13)Cc1ccccc1)CC1(CCC1)O2. The van der Waals surface area contributed by atoms with Crippen molar-refractivity contribution in [3.05, 3.63) is 112 Å². The molecule has 240 valence electrons. The van der Waals surface area contributed by atoms with Gasteiger partial charge in [0, 0.05) is 29.6 Å². The number of hydrogen-bond donors (Lipinski definition) is 1. The van der Waals surface area contributed by atoms with Gasteiger partial charge in [0.05, 0.1) is 6.10 Å². The molecule has 1 spiro atoms. The summed E-state index contributed by atoms with van der Waals surface area (Å²) in [6.45, 7) is 2.19. The van der Waals surface area contributed by atoms with Crippen molar-refractivity contribution >= 4 is 16.6 Å². The second kappa shape index (κ2) is 13.2. The molecule has 0 bridgehead atoms. The van der Waals surface area contributed by atoms with Crippen LogP contribution in [0.25, 0.3) is 10.8 Å². The first-order valence-electron chi connectivity index (χ1n) is 17.6. The Hall–Kier alpha value is -3.70. The monoisotopic (exact) mass is 617 g/mol. The van der Waals surface area contributed by atoms with Crippen LogP contribution in [-0.2, 0) is 12.8 Å². The molecule has 3 aliphatic rings. The lowest BCUT2D eigenvalue weighted by molar-refractivity contribution is -0.0359. The van der Waals surface area contributed by atoms with Crippen LogP contribution in [0.4, 0.5) is 0 Å². The predicted molar refractivity (Wildman–Crippen MR) is 184 cm³/mol. The van der Waals surface area contributed by atoms with Crippen LogP contribution < -0.4 is 10.3 Å². The molecule has 3 atom stereocenters. The van der Waals surface area contributed by atoms with Crippen LogP contribution in [0.3, 0.4) is 0 Å². The smallest absolute Gasteiger partial charge is 0.258 e. The number of fused-ring (bicyclic) bond motifs is 2. The van der Waals surface area contributed by atoms with E-state index < -0.39 is 6.10 Å². The summed E-state index contributed by atoms with van der Waals surface area (Å²) in [5, 5.41) is 13.2. The summed E-state index contributed by atoms with van der Waals surface area (Å²) in [7, 11) is 0. The lowest BCUT2D eigenvalue weighted by Gasteiger charge is -2.48. The number of aliphatic hydroxyl groups is 1. The topological polar surface area (TPSA) is 68.5 Å². The zero-order chi connectivity index (χ0) is 31.7. The Morgan fingerprint density at radius 2 is 1.70 bits per heavy atom. The lowest BCUT2D eigenvalue weighted by Crippen LogP contribution is -2.47. The molecule has 1 aromatic heterocycles. The fourth-order valence-corrected chi connectivity index (χ4v) is 8.40. The fraction of sp³-hybridized carbons (Fsp3) is 0.463. The summed E-state index contributed by atoms with van der Waals surface area (Å²) >= 11 is 0. The van der Waals surface area contributed by atoms with Crippen molar-refractivity contribution in [1.82, 2.24) is 4.57 Å². The molecule has 4 aromatic rings. The van der Waals surface area contributed by atoms with Gasteiger partial charge in [0.2, 0.25) is 0 Å². The maximum atomic E-state index is 14.3. The molecule has 0 unspecified atom stereocenters. The number of aryl methyl sites for hydroxylation is 1. The van der Waals surface area contributed by atoms with Crippen molar-refractivity contribution < 1.29 is 14.6 Å². The molecule has 46 heavy (non-hydrogen) atoms. The van der Waals surface area contributed by atoms with E-state index in [1.165, 1.54) is 17.5 Å². The van der Waals surface area contributed by atoms with Gasteiger partial charge in [-0.25, -0.2) is 0 Å². The normalized spacial score (nSPS) is 20.2. The Kier molecular flexibility index (Phi) is 8.87. The highest BCUT2D eigenvalue weighted by molar-refractivity contribution is 6.07. The Balaban J connectivity index is 1.16. The molecule has 1 aliphatic heterocycles. The number of ether oxygens (including phenoxy) is 1. The Bertz CT molecular complexity index is 1750. The van der Waals surface area contributed by atoms with Gasteiger partial charge in [-0.3, -0.25) is 9.59 Å². The first-order chi connectivity index (χ1) is 22.4. The van der Waals surface area contributed by atoms with Gasteiger partial charge >= 0.3 is 0 Å². The Morgan fingerprint density at radius 3 is 2.41 bits per heavy atom. The number of ketones is 1. The van der Waals surface area contributed by atoms with E-state index in [9.17, 15) is 14.7 Å². The predicted octanol–water partition coefficient (Wildman–Crippen LogP) is 8.74. The van der Waals surface area contributed by atoms with Gasteiger partial charge in [-0.15, -0.1) is 0 Å². The minimum absolute atomic E-state index is 0.000323. The van der Waals surface area contributed by atoms with E-state index in [4.69, 9.17) is 4.74 Å². The van der Waals surface area contributed by atoms with Gasteiger partial charge in [0.25, 0.3) is 5.56 Å². The van der Waals surface area contributed by atoms with Crippen molar-refractivity contribution in [2.24, 2.45) is 5.92 Å². The summed E-state index contributed by atoms with van der Waals surface area (Å²) in [5.74, 6) is 1.11. The molecule has 2 aliphatic carbocycles. The number of hydrogen-bond acceptors (Lipinski definition) is 4. The van der Waals surface area contributed by atoms with Crippen molar-refractivity contribution in [2.45, 2.75) is 114 Å². The summed E-state index contributed by atoms with van der Waals surface area (Å²) in [4.78, 5) is 27.8. The molecule has 0 radical (unpaired) electrons. The number of benzene rings is 3. The van der Waals surface area contributed by atoms with Gasteiger partial charge in [-0.2, -0.15) is 0 Å². The number of aliphatic hydroxyl groups excluding tert-OH is 1. The second-order valence-electron chi connectivity index (χ2n) is 14.2. The number of Topliss-reactive ketones (excluding diaryl/α,β-unsaturated/α-hetero) is 1. The first kappa shape index (κ1) is 30.9. The minimum atomic E-state index is -0.630. The standard InChI is InChI=1S/C41H47NO4/c1-2-28-17-20-39-35(24-28)30(26-41(46-39)21-10-22-41)18-19-37(43)31(23-29-11-4-3-5-12-29)25-38(44)36-27-42(32-13-6-7-14-32)40(45)34-16-9-8-15-33(34)36/h3-5,8-9,11-12,15-17,20,24,27,30-32,37,43H,2,6-7,10,13-14,18-19,21-23,25-26H2,1H3/t30-,31+,37+/m0/s1. The number of rotatable bonds is 11. The van der Waals surface area contributed by atoms with Gasteiger partial charge < -0.3 is 14.4 Å². The van der Waals surface area contributed by atoms with Crippen LogP contribution in [0.5, 0.6) is 5.75 Å². The highest BCUT2D eigenvalue weighted by atomic mass is 16.5. The molecule has 5 nitrogen and oxygen atoms in total. The van der Waals surface area contributed by atoms with Gasteiger partial charge in [0.1, 0.15) is 11.4 Å². The quantitative estimate of drug-likeness (QED) is 0.171. The molecule has 0 saturated heterocycles. The van der Waals surface area contributed by atoms with Gasteiger partial charge in [0.15, 0.2) is 5.78 Å². The van der Waals surface area contributed by atoms with Crippen LogP contribution in [0.1, 0.15) is 117 Å².